The number of H-pyrrole nitrogens is 1. The molecule has 3 heterocycles. The van der Waals surface area contributed by atoms with Crippen LogP contribution in [0.25, 0.3) is 17.3 Å². The number of aromatic amines is 1. The maximum absolute atomic E-state index is 4.31. The van der Waals surface area contributed by atoms with Crippen LogP contribution in [0, 0.1) is 0 Å². The van der Waals surface area contributed by atoms with Crippen LogP contribution in [0.3, 0.4) is 0 Å². The van der Waals surface area contributed by atoms with Crippen molar-refractivity contribution in [2.75, 3.05) is 0 Å². The fourth-order valence-electron chi connectivity index (χ4n) is 1.35. The second-order valence-corrected chi connectivity index (χ2v) is 2.89. The van der Waals surface area contributed by atoms with Crippen molar-refractivity contribution in [2.45, 2.75) is 0 Å². The zero-order valence-corrected chi connectivity index (χ0v) is 7.25. The number of hydrogen-bond acceptors (Lipinski definition) is 3. The molecule has 0 aromatic carbocycles. The lowest BCUT2D eigenvalue weighted by molar-refractivity contribution is 1.11. The molecule has 1 N–H and O–H groups in total. The van der Waals surface area contributed by atoms with Crippen LogP contribution in [0.1, 0.15) is 0 Å². The van der Waals surface area contributed by atoms with Crippen molar-refractivity contribution in [1.82, 2.24) is 24.3 Å². The third-order valence-corrected chi connectivity index (χ3v) is 1.98. The summed E-state index contributed by atoms with van der Waals surface area (Å²) in [5.74, 6) is 1.44. The molecule has 0 fully saturated rings. The Morgan fingerprint density at radius 1 is 1.21 bits per heavy atom. The molecule has 5 heteroatoms. The van der Waals surface area contributed by atoms with Crippen LogP contribution in [-0.2, 0) is 0 Å². The predicted octanol–water partition coefficient (Wildman–Crippen LogP) is 1.12. The largest absolute Gasteiger partial charge is 0.343 e. The Labute approximate surface area is 79.5 Å². The lowest BCUT2D eigenvalue weighted by atomic mass is 10.5. The van der Waals surface area contributed by atoms with Gasteiger partial charge in [-0.25, -0.2) is 15.0 Å². The van der Waals surface area contributed by atoms with Crippen molar-refractivity contribution in [3.8, 4) is 11.5 Å². The third-order valence-electron chi connectivity index (χ3n) is 1.98. The van der Waals surface area contributed by atoms with Crippen LogP contribution in [0.15, 0.2) is 37.1 Å². The topological polar surface area (TPSA) is 58.9 Å². The molecule has 0 unspecified atom stereocenters. The number of aromatic nitrogens is 5. The summed E-state index contributed by atoms with van der Waals surface area (Å²) < 4.78 is 1.86. The Morgan fingerprint density at radius 2 is 2.21 bits per heavy atom. The first kappa shape index (κ1) is 7.25. The highest BCUT2D eigenvalue weighted by atomic mass is 15.1. The van der Waals surface area contributed by atoms with E-state index in [0.29, 0.717) is 5.78 Å². The Balaban J connectivity index is 2.24. The molecule has 5 nitrogen and oxygen atoms in total. The summed E-state index contributed by atoms with van der Waals surface area (Å²) in [6, 6.07) is 1.86. The minimum Gasteiger partial charge on any atom is -0.343 e. The van der Waals surface area contributed by atoms with Crippen molar-refractivity contribution < 1.29 is 0 Å². The monoisotopic (exact) mass is 185 g/mol. The second-order valence-electron chi connectivity index (χ2n) is 2.89. The normalized spacial score (nSPS) is 10.9. The van der Waals surface area contributed by atoms with Gasteiger partial charge in [-0.1, -0.05) is 0 Å². The summed E-state index contributed by atoms with van der Waals surface area (Å²) in [7, 11) is 0. The standard InChI is InChI=1S/C9H7N5/c1-2-12-9-13-7(6-14(9)5-1)8-10-3-4-11-8/h1-6H,(H,10,11). The number of nitrogens with zero attached hydrogens (tertiary/aromatic N) is 4. The molecule has 3 rings (SSSR count). The molecule has 0 bridgehead atoms. The van der Waals surface area contributed by atoms with Crippen LogP contribution in [0.2, 0.25) is 0 Å². The van der Waals surface area contributed by atoms with Crippen LogP contribution < -0.4 is 0 Å². The molecule has 3 aromatic rings. The summed E-state index contributed by atoms with van der Waals surface area (Å²) in [5, 5.41) is 0. The average molecular weight is 185 g/mol. The molecule has 0 saturated heterocycles. The highest BCUT2D eigenvalue weighted by molar-refractivity contribution is 5.52. The first-order valence-corrected chi connectivity index (χ1v) is 4.23. The molecule has 0 spiro atoms. The lowest BCUT2D eigenvalue weighted by Crippen LogP contribution is -1.83. The Hall–Kier alpha value is -2.17. The van der Waals surface area contributed by atoms with E-state index in [0.717, 1.165) is 11.5 Å². The van der Waals surface area contributed by atoms with E-state index in [9.17, 15) is 0 Å². The molecular formula is C9H7N5. The van der Waals surface area contributed by atoms with Gasteiger partial charge in [0.15, 0.2) is 5.82 Å². The van der Waals surface area contributed by atoms with Crippen molar-refractivity contribution in [2.24, 2.45) is 0 Å². The van der Waals surface area contributed by atoms with Crippen molar-refractivity contribution >= 4 is 5.78 Å². The van der Waals surface area contributed by atoms with E-state index in [-0.39, 0.29) is 0 Å². The zero-order chi connectivity index (χ0) is 9.38. The molecule has 0 aliphatic heterocycles. The zero-order valence-electron chi connectivity index (χ0n) is 7.25. The van der Waals surface area contributed by atoms with E-state index < -0.39 is 0 Å². The predicted molar refractivity (Wildman–Crippen MR) is 50.6 cm³/mol. The molecule has 0 saturated carbocycles. The second kappa shape index (κ2) is 2.66. The smallest absolute Gasteiger partial charge is 0.234 e. The molecule has 0 aliphatic carbocycles. The van der Waals surface area contributed by atoms with E-state index >= 15 is 0 Å². The number of hydrogen-bond donors (Lipinski definition) is 1. The van der Waals surface area contributed by atoms with Gasteiger partial charge in [0.25, 0.3) is 0 Å². The van der Waals surface area contributed by atoms with Gasteiger partial charge in [0.2, 0.25) is 5.78 Å². The van der Waals surface area contributed by atoms with Gasteiger partial charge in [0.05, 0.1) is 0 Å². The van der Waals surface area contributed by atoms with E-state index in [1.807, 2.05) is 22.9 Å². The number of rotatable bonds is 1. The van der Waals surface area contributed by atoms with Crippen LogP contribution in [0.4, 0.5) is 0 Å². The summed E-state index contributed by atoms with van der Waals surface area (Å²) in [6.07, 6.45) is 8.98. The first-order valence-electron chi connectivity index (χ1n) is 4.23. The summed E-state index contributed by atoms with van der Waals surface area (Å²) in [6.45, 7) is 0. The fourth-order valence-corrected chi connectivity index (χ4v) is 1.35. The van der Waals surface area contributed by atoms with Crippen molar-refractivity contribution in [3.63, 3.8) is 0 Å². The Morgan fingerprint density at radius 3 is 3.00 bits per heavy atom. The molecule has 0 atom stereocenters. The molecular weight excluding hydrogens is 178 g/mol. The van der Waals surface area contributed by atoms with E-state index in [1.54, 1.807) is 18.6 Å². The minimum atomic E-state index is 0.680. The van der Waals surface area contributed by atoms with E-state index in [4.69, 9.17) is 0 Å². The van der Waals surface area contributed by atoms with Crippen LogP contribution in [-0.4, -0.2) is 24.3 Å². The maximum atomic E-state index is 4.31. The van der Waals surface area contributed by atoms with Crippen molar-refractivity contribution in [1.29, 1.82) is 0 Å². The summed E-state index contributed by atoms with van der Waals surface area (Å²) in [5.41, 5.74) is 0.800. The van der Waals surface area contributed by atoms with Crippen LogP contribution >= 0.6 is 0 Å². The van der Waals surface area contributed by atoms with Gasteiger partial charge in [0, 0.05) is 31.0 Å². The fraction of sp³-hybridized carbons (Fsp3) is 0. The Bertz CT molecular complexity index is 518. The highest BCUT2D eigenvalue weighted by Gasteiger charge is 2.05. The molecule has 0 radical (unpaired) electrons. The SMILES string of the molecule is c1cnc2nc(-c3ncc[nH]3)cn2c1. The molecule has 14 heavy (non-hydrogen) atoms. The summed E-state index contributed by atoms with van der Waals surface area (Å²) >= 11 is 0. The first-order chi connectivity index (χ1) is 6.93. The van der Waals surface area contributed by atoms with Gasteiger partial charge in [-0.05, 0) is 6.07 Å². The van der Waals surface area contributed by atoms with Gasteiger partial charge in [-0.2, -0.15) is 0 Å². The molecule has 0 amide bonds. The molecule has 68 valence electrons. The Kier molecular flexibility index (Phi) is 1.38. The molecule has 3 aromatic heterocycles. The quantitative estimate of drug-likeness (QED) is 0.618. The van der Waals surface area contributed by atoms with Gasteiger partial charge in [-0.3, -0.25) is 4.40 Å². The van der Waals surface area contributed by atoms with Gasteiger partial charge < -0.3 is 4.98 Å². The number of nitrogens with one attached hydrogen (secondary N) is 1. The number of imidazole rings is 2. The number of fused-ring (bicyclic) bond motifs is 1. The highest BCUT2D eigenvalue weighted by Crippen LogP contribution is 2.12. The van der Waals surface area contributed by atoms with Crippen molar-refractivity contribution in [3.05, 3.63) is 37.1 Å². The lowest BCUT2D eigenvalue weighted by Gasteiger charge is -1.85. The third kappa shape index (κ3) is 0.990. The minimum absolute atomic E-state index is 0.680. The van der Waals surface area contributed by atoms with Gasteiger partial charge in [0.1, 0.15) is 5.69 Å². The van der Waals surface area contributed by atoms with Gasteiger partial charge in [-0.15, -0.1) is 0 Å². The average Bonchev–Trinajstić information content (AvgIpc) is 2.86. The van der Waals surface area contributed by atoms with Crippen LogP contribution in [0.5, 0.6) is 0 Å². The van der Waals surface area contributed by atoms with E-state index in [1.165, 1.54) is 0 Å². The maximum Gasteiger partial charge on any atom is 0.234 e. The summed E-state index contributed by atoms with van der Waals surface area (Å²) in [4.78, 5) is 15.6. The van der Waals surface area contributed by atoms with Gasteiger partial charge >= 0.3 is 0 Å². The molecule has 0 aliphatic rings. The van der Waals surface area contributed by atoms with E-state index in [2.05, 4.69) is 19.9 Å².